The molecular formula is C12H23NO2S. The summed E-state index contributed by atoms with van der Waals surface area (Å²) in [6, 6.07) is 0. The van der Waals surface area contributed by atoms with Crippen LogP contribution in [0.2, 0.25) is 0 Å². The van der Waals surface area contributed by atoms with Crippen molar-refractivity contribution in [2.75, 3.05) is 26.5 Å². The molecular weight excluding hydrogens is 222 g/mol. The molecule has 1 heterocycles. The molecule has 1 aliphatic rings. The lowest BCUT2D eigenvalue weighted by Gasteiger charge is -2.37. The number of thioether (sulfide) groups is 1. The minimum absolute atomic E-state index is 0.117. The summed E-state index contributed by atoms with van der Waals surface area (Å²) >= 11 is 1.65. The maximum absolute atomic E-state index is 12.2. The van der Waals surface area contributed by atoms with Crippen molar-refractivity contribution < 1.29 is 9.53 Å². The van der Waals surface area contributed by atoms with E-state index in [0.717, 1.165) is 25.9 Å². The number of piperidine rings is 1. The van der Waals surface area contributed by atoms with Gasteiger partial charge in [-0.3, -0.25) is 4.79 Å². The molecule has 0 N–H and O–H groups in total. The SMILES string of the molecule is CCC(SC)C(=O)N1CCC(C)C(OC)C1. The van der Waals surface area contributed by atoms with Gasteiger partial charge in [-0.05, 0) is 25.0 Å². The van der Waals surface area contributed by atoms with E-state index in [9.17, 15) is 4.79 Å². The van der Waals surface area contributed by atoms with Crippen molar-refractivity contribution in [1.29, 1.82) is 0 Å². The molecule has 0 spiro atoms. The highest BCUT2D eigenvalue weighted by Gasteiger charge is 2.31. The second-order valence-corrected chi connectivity index (χ2v) is 5.50. The lowest BCUT2D eigenvalue weighted by molar-refractivity contribution is -0.135. The molecule has 1 saturated heterocycles. The molecule has 16 heavy (non-hydrogen) atoms. The van der Waals surface area contributed by atoms with Crippen LogP contribution >= 0.6 is 11.8 Å². The lowest BCUT2D eigenvalue weighted by atomic mass is 9.95. The number of likely N-dealkylation sites (tertiary alicyclic amines) is 1. The van der Waals surface area contributed by atoms with Crippen LogP contribution in [0.3, 0.4) is 0 Å². The molecule has 3 unspecified atom stereocenters. The molecule has 1 rings (SSSR count). The average Bonchev–Trinajstić information content (AvgIpc) is 2.31. The zero-order chi connectivity index (χ0) is 12.1. The number of carbonyl (C=O) groups is 1. The molecule has 1 amide bonds. The van der Waals surface area contributed by atoms with E-state index in [4.69, 9.17) is 4.74 Å². The topological polar surface area (TPSA) is 29.5 Å². The van der Waals surface area contributed by atoms with Gasteiger partial charge in [0, 0.05) is 20.2 Å². The van der Waals surface area contributed by atoms with Crippen LogP contribution in [0, 0.1) is 5.92 Å². The first kappa shape index (κ1) is 13.8. The molecule has 0 aromatic heterocycles. The summed E-state index contributed by atoms with van der Waals surface area (Å²) in [7, 11) is 1.74. The van der Waals surface area contributed by atoms with E-state index in [1.165, 1.54) is 0 Å². The molecule has 1 aliphatic heterocycles. The third kappa shape index (κ3) is 3.14. The first-order valence-electron chi connectivity index (χ1n) is 5.98. The molecule has 0 aliphatic carbocycles. The summed E-state index contributed by atoms with van der Waals surface area (Å²) in [4.78, 5) is 14.1. The third-order valence-corrected chi connectivity index (χ3v) is 4.54. The molecule has 1 fully saturated rings. The molecule has 0 radical (unpaired) electrons. The van der Waals surface area contributed by atoms with Gasteiger partial charge in [-0.2, -0.15) is 11.8 Å². The summed E-state index contributed by atoms with van der Waals surface area (Å²) < 4.78 is 5.43. The third-order valence-electron chi connectivity index (χ3n) is 3.43. The van der Waals surface area contributed by atoms with Crippen molar-refractivity contribution in [3.8, 4) is 0 Å². The molecule has 3 nitrogen and oxygen atoms in total. The first-order chi connectivity index (χ1) is 7.63. The number of rotatable bonds is 4. The van der Waals surface area contributed by atoms with Crippen LogP contribution < -0.4 is 0 Å². The van der Waals surface area contributed by atoms with Gasteiger partial charge in [-0.25, -0.2) is 0 Å². The van der Waals surface area contributed by atoms with E-state index >= 15 is 0 Å². The van der Waals surface area contributed by atoms with E-state index in [1.807, 2.05) is 11.2 Å². The Bertz CT molecular complexity index is 231. The monoisotopic (exact) mass is 245 g/mol. The van der Waals surface area contributed by atoms with Gasteiger partial charge in [0.1, 0.15) is 0 Å². The molecule has 3 atom stereocenters. The van der Waals surface area contributed by atoms with Crippen LogP contribution in [-0.4, -0.2) is 48.6 Å². The molecule has 0 saturated carbocycles. The number of hydrogen-bond donors (Lipinski definition) is 0. The van der Waals surface area contributed by atoms with Crippen LogP contribution in [0.15, 0.2) is 0 Å². The summed E-state index contributed by atoms with van der Waals surface area (Å²) in [5.41, 5.74) is 0. The highest BCUT2D eigenvalue weighted by atomic mass is 32.2. The number of carbonyl (C=O) groups excluding carboxylic acids is 1. The van der Waals surface area contributed by atoms with Crippen LogP contribution in [0.25, 0.3) is 0 Å². The maximum atomic E-state index is 12.2. The van der Waals surface area contributed by atoms with Crippen molar-refractivity contribution in [3.63, 3.8) is 0 Å². The standard InChI is InChI=1S/C12H23NO2S/c1-5-11(16-4)12(14)13-7-6-9(2)10(8-13)15-3/h9-11H,5-8H2,1-4H3. The first-order valence-corrected chi connectivity index (χ1v) is 7.27. The van der Waals surface area contributed by atoms with Crippen molar-refractivity contribution in [2.24, 2.45) is 5.92 Å². The normalized spacial score (nSPS) is 27.9. The fourth-order valence-corrected chi connectivity index (χ4v) is 2.87. The smallest absolute Gasteiger partial charge is 0.235 e. The zero-order valence-electron chi connectivity index (χ0n) is 10.7. The predicted octanol–water partition coefficient (Wildman–Crippen LogP) is 2.01. The van der Waals surface area contributed by atoms with Crippen LogP contribution in [-0.2, 0) is 9.53 Å². The van der Waals surface area contributed by atoms with Crippen LogP contribution in [0.4, 0.5) is 0 Å². The van der Waals surface area contributed by atoms with Gasteiger partial charge < -0.3 is 9.64 Å². The highest BCUT2D eigenvalue weighted by Crippen LogP contribution is 2.22. The number of methoxy groups -OCH3 is 1. The summed E-state index contributed by atoms with van der Waals surface area (Å²) in [5, 5.41) is 0.117. The Kier molecular flexibility index (Phi) is 5.62. The molecule has 0 bridgehead atoms. The van der Waals surface area contributed by atoms with Crippen molar-refractivity contribution in [3.05, 3.63) is 0 Å². The highest BCUT2D eigenvalue weighted by molar-refractivity contribution is 7.99. The van der Waals surface area contributed by atoms with Gasteiger partial charge >= 0.3 is 0 Å². The summed E-state index contributed by atoms with van der Waals surface area (Å²) in [6.45, 7) is 5.91. The Hall–Kier alpha value is -0.220. The molecule has 94 valence electrons. The average molecular weight is 245 g/mol. The van der Waals surface area contributed by atoms with Crippen molar-refractivity contribution in [2.45, 2.75) is 38.0 Å². The Balaban J connectivity index is 2.57. The van der Waals surface area contributed by atoms with E-state index in [1.54, 1.807) is 18.9 Å². The number of hydrogen-bond acceptors (Lipinski definition) is 3. The Morgan fingerprint density at radius 3 is 2.81 bits per heavy atom. The largest absolute Gasteiger partial charge is 0.379 e. The second-order valence-electron chi connectivity index (χ2n) is 4.46. The van der Waals surface area contributed by atoms with Gasteiger partial charge in [0.15, 0.2) is 0 Å². The fourth-order valence-electron chi connectivity index (χ4n) is 2.19. The quantitative estimate of drug-likeness (QED) is 0.759. The van der Waals surface area contributed by atoms with E-state index in [0.29, 0.717) is 5.92 Å². The second kappa shape index (κ2) is 6.50. The van der Waals surface area contributed by atoms with E-state index in [2.05, 4.69) is 13.8 Å². The van der Waals surface area contributed by atoms with Gasteiger partial charge in [0.05, 0.1) is 11.4 Å². The van der Waals surface area contributed by atoms with Crippen molar-refractivity contribution >= 4 is 17.7 Å². The number of amides is 1. The van der Waals surface area contributed by atoms with Crippen LogP contribution in [0.5, 0.6) is 0 Å². The number of ether oxygens (including phenoxy) is 1. The zero-order valence-corrected chi connectivity index (χ0v) is 11.5. The van der Waals surface area contributed by atoms with Crippen LogP contribution in [0.1, 0.15) is 26.7 Å². The summed E-state index contributed by atoms with van der Waals surface area (Å²) in [6.07, 6.45) is 4.17. The Morgan fingerprint density at radius 1 is 1.62 bits per heavy atom. The van der Waals surface area contributed by atoms with E-state index < -0.39 is 0 Å². The lowest BCUT2D eigenvalue weighted by Crippen LogP contribution is -2.49. The van der Waals surface area contributed by atoms with Crippen molar-refractivity contribution in [1.82, 2.24) is 4.90 Å². The maximum Gasteiger partial charge on any atom is 0.235 e. The fraction of sp³-hybridized carbons (Fsp3) is 0.917. The van der Waals surface area contributed by atoms with Gasteiger partial charge in [-0.15, -0.1) is 0 Å². The number of nitrogens with zero attached hydrogens (tertiary/aromatic N) is 1. The van der Waals surface area contributed by atoms with E-state index in [-0.39, 0.29) is 17.3 Å². The van der Waals surface area contributed by atoms with Gasteiger partial charge in [-0.1, -0.05) is 13.8 Å². The minimum Gasteiger partial charge on any atom is -0.379 e. The van der Waals surface area contributed by atoms with Gasteiger partial charge in [0.2, 0.25) is 5.91 Å². The summed E-state index contributed by atoms with van der Waals surface area (Å²) in [5.74, 6) is 0.840. The minimum atomic E-state index is 0.117. The van der Waals surface area contributed by atoms with Gasteiger partial charge in [0.25, 0.3) is 0 Å². The molecule has 0 aromatic rings. The Labute approximate surface area is 103 Å². The molecule has 0 aromatic carbocycles. The molecule has 4 heteroatoms. The predicted molar refractivity (Wildman–Crippen MR) is 68.8 cm³/mol. The Morgan fingerprint density at radius 2 is 2.31 bits per heavy atom.